The number of amides is 2. The quantitative estimate of drug-likeness (QED) is 0.867. The van der Waals surface area contributed by atoms with Crippen molar-refractivity contribution in [3.05, 3.63) is 60.4 Å². The summed E-state index contributed by atoms with van der Waals surface area (Å²) in [5, 5.41) is 3.16. The second-order valence-corrected chi connectivity index (χ2v) is 7.71. The van der Waals surface area contributed by atoms with Gasteiger partial charge in [-0.3, -0.25) is 9.88 Å². The van der Waals surface area contributed by atoms with Crippen LogP contribution in [0.1, 0.15) is 12.1 Å². The molecule has 0 unspecified atom stereocenters. The van der Waals surface area contributed by atoms with E-state index >= 15 is 0 Å². The molecule has 2 aromatic rings. The molecule has 2 aliphatic rings. The summed E-state index contributed by atoms with van der Waals surface area (Å²) in [6.07, 6.45) is 2.97. The van der Waals surface area contributed by atoms with Gasteiger partial charge < -0.3 is 15.1 Å². The van der Waals surface area contributed by atoms with Gasteiger partial charge >= 0.3 is 6.03 Å². The third-order valence-corrected chi connectivity index (χ3v) is 5.72. The van der Waals surface area contributed by atoms with Crippen molar-refractivity contribution in [3.63, 3.8) is 0 Å². The second kappa shape index (κ2) is 9.06. The Balaban J connectivity index is 1.17. The third-order valence-electron chi connectivity index (χ3n) is 5.72. The van der Waals surface area contributed by atoms with Gasteiger partial charge in [0.15, 0.2) is 0 Å². The minimum Gasteiger partial charge on any atom is -0.371 e. The molecule has 148 valence electrons. The van der Waals surface area contributed by atoms with Gasteiger partial charge in [0.05, 0.1) is 5.69 Å². The normalized spacial score (nSPS) is 20.4. The van der Waals surface area contributed by atoms with Crippen LogP contribution in [-0.4, -0.2) is 66.6 Å². The van der Waals surface area contributed by atoms with Crippen LogP contribution in [0, 0.1) is 5.92 Å². The number of piperazine rings is 1. The largest absolute Gasteiger partial charge is 0.371 e. The lowest BCUT2D eigenvalue weighted by Gasteiger charge is -2.34. The molecule has 28 heavy (non-hydrogen) atoms. The van der Waals surface area contributed by atoms with Crippen molar-refractivity contribution < 1.29 is 4.79 Å². The Morgan fingerprint density at radius 2 is 1.79 bits per heavy atom. The van der Waals surface area contributed by atoms with E-state index in [1.54, 1.807) is 0 Å². The summed E-state index contributed by atoms with van der Waals surface area (Å²) in [5.41, 5.74) is 2.37. The topological polar surface area (TPSA) is 51.7 Å². The highest BCUT2D eigenvalue weighted by Crippen LogP contribution is 2.23. The molecule has 0 aliphatic carbocycles. The fraction of sp³-hybridized carbons (Fsp3) is 0.455. The summed E-state index contributed by atoms with van der Waals surface area (Å²) in [5.74, 6) is 0.523. The standard InChI is InChI=1S/C22H29N5O/c28-22(24-16-19-9-11-27(17-19)21-7-2-1-3-8-21)26-14-12-25(13-15-26)18-20-6-4-5-10-23-20/h1-8,10,19H,9,11-18H2,(H,24,28)/t19-/m0/s1. The van der Waals surface area contributed by atoms with Crippen LogP contribution >= 0.6 is 0 Å². The number of benzene rings is 1. The number of hydrogen-bond donors (Lipinski definition) is 1. The average molecular weight is 380 g/mol. The molecule has 1 aromatic heterocycles. The molecule has 6 nitrogen and oxygen atoms in total. The molecule has 6 heteroatoms. The maximum atomic E-state index is 12.5. The van der Waals surface area contributed by atoms with Gasteiger partial charge in [0, 0.05) is 64.2 Å². The number of nitrogens with one attached hydrogen (secondary N) is 1. The van der Waals surface area contributed by atoms with Crippen molar-refractivity contribution in [2.24, 2.45) is 5.92 Å². The second-order valence-electron chi connectivity index (χ2n) is 7.71. The number of carbonyl (C=O) groups is 1. The van der Waals surface area contributed by atoms with Gasteiger partial charge in [-0.25, -0.2) is 4.79 Å². The summed E-state index contributed by atoms with van der Waals surface area (Å²) < 4.78 is 0. The number of aromatic nitrogens is 1. The number of rotatable bonds is 5. The van der Waals surface area contributed by atoms with Crippen molar-refractivity contribution in [2.75, 3.05) is 50.7 Å². The summed E-state index contributed by atoms with van der Waals surface area (Å²) in [6, 6.07) is 16.6. The van der Waals surface area contributed by atoms with E-state index < -0.39 is 0 Å². The number of pyridine rings is 1. The number of hydrogen-bond acceptors (Lipinski definition) is 4. The molecule has 0 bridgehead atoms. The highest BCUT2D eigenvalue weighted by Gasteiger charge is 2.25. The number of anilines is 1. The van der Waals surface area contributed by atoms with Crippen molar-refractivity contribution >= 4 is 11.7 Å². The van der Waals surface area contributed by atoms with Crippen LogP contribution in [0.2, 0.25) is 0 Å². The Kier molecular flexibility index (Phi) is 6.07. The number of nitrogens with zero attached hydrogens (tertiary/aromatic N) is 4. The average Bonchev–Trinajstić information content (AvgIpc) is 3.23. The van der Waals surface area contributed by atoms with Crippen LogP contribution in [0.3, 0.4) is 0 Å². The summed E-state index contributed by atoms with van der Waals surface area (Å²) in [7, 11) is 0. The lowest BCUT2D eigenvalue weighted by atomic mass is 10.1. The molecule has 1 aromatic carbocycles. The van der Waals surface area contributed by atoms with Gasteiger partial charge in [0.1, 0.15) is 0 Å². The van der Waals surface area contributed by atoms with Crippen LogP contribution < -0.4 is 10.2 Å². The zero-order chi connectivity index (χ0) is 19.2. The smallest absolute Gasteiger partial charge is 0.317 e. The van der Waals surface area contributed by atoms with Gasteiger partial charge in [-0.15, -0.1) is 0 Å². The molecule has 2 amide bonds. The van der Waals surface area contributed by atoms with Gasteiger partial charge in [-0.05, 0) is 36.6 Å². The van der Waals surface area contributed by atoms with Gasteiger partial charge in [-0.1, -0.05) is 24.3 Å². The maximum Gasteiger partial charge on any atom is 0.317 e. The third kappa shape index (κ3) is 4.81. The minimum atomic E-state index is 0.0793. The first kappa shape index (κ1) is 18.7. The molecule has 1 N–H and O–H groups in total. The van der Waals surface area contributed by atoms with E-state index in [9.17, 15) is 4.79 Å². The Labute approximate surface area is 167 Å². The van der Waals surface area contributed by atoms with Crippen LogP contribution in [-0.2, 0) is 6.54 Å². The molecule has 3 heterocycles. The predicted molar refractivity (Wildman–Crippen MR) is 111 cm³/mol. The Hall–Kier alpha value is -2.60. The molecule has 2 saturated heterocycles. The molecule has 0 radical (unpaired) electrons. The van der Waals surface area contributed by atoms with E-state index in [2.05, 4.69) is 50.4 Å². The maximum absolute atomic E-state index is 12.5. The predicted octanol–water partition coefficient (Wildman–Crippen LogP) is 2.44. The van der Waals surface area contributed by atoms with Crippen LogP contribution in [0.5, 0.6) is 0 Å². The SMILES string of the molecule is O=C(NC[C@@H]1CCN(c2ccccc2)C1)N1CCN(Cc2ccccn2)CC1. The number of urea groups is 1. The van der Waals surface area contributed by atoms with E-state index in [1.165, 1.54) is 5.69 Å². The van der Waals surface area contributed by atoms with E-state index in [1.807, 2.05) is 29.3 Å². The molecular formula is C22H29N5O. The molecule has 4 rings (SSSR count). The van der Waals surface area contributed by atoms with Crippen LogP contribution in [0.15, 0.2) is 54.7 Å². The van der Waals surface area contributed by atoms with E-state index in [4.69, 9.17) is 0 Å². The zero-order valence-electron chi connectivity index (χ0n) is 16.3. The number of para-hydroxylation sites is 1. The van der Waals surface area contributed by atoms with Crippen LogP contribution in [0.4, 0.5) is 10.5 Å². The summed E-state index contributed by atoms with van der Waals surface area (Å²) >= 11 is 0. The zero-order valence-corrected chi connectivity index (χ0v) is 16.3. The molecule has 2 aliphatic heterocycles. The first-order valence-corrected chi connectivity index (χ1v) is 10.2. The first-order valence-electron chi connectivity index (χ1n) is 10.2. The highest BCUT2D eigenvalue weighted by molar-refractivity contribution is 5.74. The van der Waals surface area contributed by atoms with E-state index in [-0.39, 0.29) is 6.03 Å². The Morgan fingerprint density at radius 3 is 2.54 bits per heavy atom. The lowest BCUT2D eigenvalue weighted by Crippen LogP contribution is -2.52. The van der Waals surface area contributed by atoms with E-state index in [0.717, 1.165) is 64.5 Å². The first-order chi connectivity index (χ1) is 13.8. The van der Waals surface area contributed by atoms with Crippen molar-refractivity contribution in [1.29, 1.82) is 0 Å². The monoisotopic (exact) mass is 379 g/mol. The Bertz CT molecular complexity index is 746. The lowest BCUT2D eigenvalue weighted by molar-refractivity contribution is 0.134. The van der Waals surface area contributed by atoms with E-state index in [0.29, 0.717) is 5.92 Å². The molecule has 0 saturated carbocycles. The summed E-state index contributed by atoms with van der Waals surface area (Å²) in [4.78, 5) is 23.6. The number of carbonyl (C=O) groups excluding carboxylic acids is 1. The summed E-state index contributed by atoms with van der Waals surface area (Å²) in [6.45, 7) is 7.05. The van der Waals surface area contributed by atoms with Gasteiger partial charge in [0.25, 0.3) is 0 Å². The fourth-order valence-corrected chi connectivity index (χ4v) is 4.05. The molecule has 0 spiro atoms. The molecular weight excluding hydrogens is 350 g/mol. The molecule has 2 fully saturated rings. The van der Waals surface area contributed by atoms with Crippen molar-refractivity contribution in [2.45, 2.75) is 13.0 Å². The van der Waals surface area contributed by atoms with Crippen molar-refractivity contribution in [3.8, 4) is 0 Å². The molecule has 1 atom stereocenters. The minimum absolute atomic E-state index is 0.0793. The van der Waals surface area contributed by atoms with Gasteiger partial charge in [-0.2, -0.15) is 0 Å². The highest BCUT2D eigenvalue weighted by atomic mass is 16.2. The van der Waals surface area contributed by atoms with Crippen molar-refractivity contribution in [1.82, 2.24) is 20.1 Å². The van der Waals surface area contributed by atoms with Crippen LogP contribution in [0.25, 0.3) is 0 Å². The van der Waals surface area contributed by atoms with Gasteiger partial charge in [0.2, 0.25) is 0 Å². The fourth-order valence-electron chi connectivity index (χ4n) is 4.05. The Morgan fingerprint density at radius 1 is 1.00 bits per heavy atom.